The summed E-state index contributed by atoms with van der Waals surface area (Å²) in [6, 6.07) is 21.7. The third-order valence-electron chi connectivity index (χ3n) is 4.39. The number of amides is 1. The molecule has 0 atom stereocenters. The number of nitriles is 1. The molecule has 0 unspecified atom stereocenters. The summed E-state index contributed by atoms with van der Waals surface area (Å²) in [5.41, 5.74) is 3.39. The Morgan fingerprint density at radius 1 is 1.11 bits per heavy atom. The van der Waals surface area contributed by atoms with Crippen LogP contribution in [0.15, 0.2) is 72.4 Å². The number of hydrogen-bond acceptors (Lipinski definition) is 3. The van der Waals surface area contributed by atoms with Crippen molar-refractivity contribution >= 4 is 12.0 Å². The maximum absolute atomic E-state index is 12.3. The minimum atomic E-state index is -0.327. The van der Waals surface area contributed by atoms with E-state index in [9.17, 15) is 10.1 Å². The molecular formula is C22H18N4O. The Bertz CT molecular complexity index is 1030. The number of rotatable bonds is 5. The fourth-order valence-electron chi connectivity index (χ4n) is 2.82. The summed E-state index contributed by atoms with van der Waals surface area (Å²) in [6.07, 6.45) is 5.42. The van der Waals surface area contributed by atoms with E-state index in [2.05, 4.69) is 5.32 Å². The van der Waals surface area contributed by atoms with Crippen LogP contribution >= 0.6 is 0 Å². The van der Waals surface area contributed by atoms with Gasteiger partial charge in [-0.2, -0.15) is 10.4 Å². The number of para-hydroxylation sites is 1. The molecule has 0 spiro atoms. The summed E-state index contributed by atoms with van der Waals surface area (Å²) in [5.74, 6) is -0.327. The van der Waals surface area contributed by atoms with Crippen LogP contribution in [0, 0.1) is 11.3 Å². The van der Waals surface area contributed by atoms with Crippen LogP contribution in [0.2, 0.25) is 0 Å². The first kappa shape index (κ1) is 16.8. The van der Waals surface area contributed by atoms with Gasteiger partial charge in [-0.25, -0.2) is 4.68 Å². The minimum Gasteiger partial charge on any atom is -0.349 e. The van der Waals surface area contributed by atoms with Crippen molar-refractivity contribution in [1.82, 2.24) is 15.1 Å². The second kappa shape index (κ2) is 7.30. The van der Waals surface area contributed by atoms with Crippen LogP contribution in [0.1, 0.15) is 18.4 Å². The Morgan fingerprint density at radius 3 is 2.41 bits per heavy atom. The van der Waals surface area contributed by atoms with Crippen molar-refractivity contribution in [3.63, 3.8) is 0 Å². The molecule has 0 saturated heterocycles. The maximum atomic E-state index is 12.3. The van der Waals surface area contributed by atoms with Crippen molar-refractivity contribution < 1.29 is 4.79 Å². The zero-order valence-corrected chi connectivity index (χ0v) is 14.7. The highest BCUT2D eigenvalue weighted by Crippen LogP contribution is 2.26. The predicted octanol–water partition coefficient (Wildman–Crippen LogP) is 3.72. The van der Waals surface area contributed by atoms with Crippen molar-refractivity contribution in [2.24, 2.45) is 0 Å². The molecule has 0 radical (unpaired) electrons. The van der Waals surface area contributed by atoms with Crippen molar-refractivity contribution in [3.8, 4) is 23.0 Å². The molecule has 1 saturated carbocycles. The van der Waals surface area contributed by atoms with Gasteiger partial charge in [-0.15, -0.1) is 0 Å². The monoisotopic (exact) mass is 354 g/mol. The largest absolute Gasteiger partial charge is 0.349 e. The number of benzene rings is 2. The van der Waals surface area contributed by atoms with E-state index in [0.29, 0.717) is 0 Å². The smallest absolute Gasteiger partial charge is 0.262 e. The lowest BCUT2D eigenvalue weighted by atomic mass is 10.1. The van der Waals surface area contributed by atoms with E-state index >= 15 is 0 Å². The van der Waals surface area contributed by atoms with Crippen LogP contribution in [0.4, 0.5) is 0 Å². The first-order valence-corrected chi connectivity index (χ1v) is 8.88. The van der Waals surface area contributed by atoms with Gasteiger partial charge in [0.2, 0.25) is 0 Å². The van der Waals surface area contributed by atoms with Gasteiger partial charge in [-0.1, -0.05) is 48.5 Å². The molecule has 2 aromatic carbocycles. The molecule has 1 N–H and O–H groups in total. The van der Waals surface area contributed by atoms with Gasteiger partial charge >= 0.3 is 0 Å². The molecule has 4 rings (SSSR count). The second-order valence-corrected chi connectivity index (χ2v) is 6.50. The molecule has 1 amide bonds. The van der Waals surface area contributed by atoms with Gasteiger partial charge in [0.15, 0.2) is 0 Å². The zero-order chi connectivity index (χ0) is 18.6. The van der Waals surface area contributed by atoms with Crippen molar-refractivity contribution in [2.75, 3.05) is 0 Å². The normalized spacial score (nSPS) is 13.8. The molecule has 5 heteroatoms. The Balaban J connectivity index is 1.78. The highest BCUT2D eigenvalue weighted by atomic mass is 16.1. The van der Waals surface area contributed by atoms with Crippen LogP contribution in [0.25, 0.3) is 23.0 Å². The maximum Gasteiger partial charge on any atom is 0.262 e. The first-order valence-electron chi connectivity index (χ1n) is 8.88. The molecule has 1 heterocycles. The molecule has 1 fully saturated rings. The van der Waals surface area contributed by atoms with Crippen LogP contribution in [-0.2, 0) is 4.79 Å². The molecule has 27 heavy (non-hydrogen) atoms. The SMILES string of the molecule is N#CC(=Cc1cn(-c2ccccc2)nc1-c1ccccc1)C(=O)NC1CC1. The van der Waals surface area contributed by atoms with E-state index in [1.54, 1.807) is 10.8 Å². The minimum absolute atomic E-state index is 0.0895. The van der Waals surface area contributed by atoms with Crippen LogP contribution in [-0.4, -0.2) is 21.7 Å². The lowest BCUT2D eigenvalue weighted by Gasteiger charge is -2.02. The quantitative estimate of drug-likeness (QED) is 0.561. The van der Waals surface area contributed by atoms with E-state index in [1.165, 1.54) is 0 Å². The van der Waals surface area contributed by atoms with E-state index in [1.807, 2.05) is 72.9 Å². The lowest BCUT2D eigenvalue weighted by molar-refractivity contribution is -0.117. The average Bonchev–Trinajstić information content (AvgIpc) is 3.43. The van der Waals surface area contributed by atoms with E-state index in [-0.39, 0.29) is 17.5 Å². The zero-order valence-electron chi connectivity index (χ0n) is 14.7. The van der Waals surface area contributed by atoms with Crippen LogP contribution < -0.4 is 5.32 Å². The molecule has 0 aliphatic heterocycles. The summed E-state index contributed by atoms with van der Waals surface area (Å²) in [6.45, 7) is 0. The number of carbonyl (C=O) groups excluding carboxylic acids is 1. The third kappa shape index (κ3) is 3.80. The number of aromatic nitrogens is 2. The standard InChI is InChI=1S/C22H18N4O/c23-14-17(22(27)24-19-11-12-19)13-18-15-26(20-9-5-2-6-10-20)25-21(18)16-7-3-1-4-8-16/h1-10,13,15,19H,11-12H2,(H,24,27). The number of nitrogens with one attached hydrogen (secondary N) is 1. The summed E-state index contributed by atoms with van der Waals surface area (Å²) in [7, 11) is 0. The summed E-state index contributed by atoms with van der Waals surface area (Å²) in [5, 5.41) is 17.0. The van der Waals surface area contributed by atoms with Gasteiger partial charge < -0.3 is 5.32 Å². The van der Waals surface area contributed by atoms with Gasteiger partial charge in [0.1, 0.15) is 11.6 Å². The summed E-state index contributed by atoms with van der Waals surface area (Å²) in [4.78, 5) is 12.3. The molecule has 0 bridgehead atoms. The molecular weight excluding hydrogens is 336 g/mol. The summed E-state index contributed by atoms with van der Waals surface area (Å²) < 4.78 is 1.77. The molecule has 1 aliphatic rings. The Morgan fingerprint density at radius 2 is 1.78 bits per heavy atom. The Labute approximate surface area is 157 Å². The number of nitrogens with zero attached hydrogens (tertiary/aromatic N) is 3. The van der Waals surface area contributed by atoms with E-state index in [4.69, 9.17) is 5.10 Å². The molecule has 1 aromatic heterocycles. The fourth-order valence-corrected chi connectivity index (χ4v) is 2.82. The van der Waals surface area contributed by atoms with Gasteiger partial charge in [-0.05, 0) is 31.1 Å². The fraction of sp³-hybridized carbons (Fsp3) is 0.136. The van der Waals surface area contributed by atoms with Gasteiger partial charge in [0.05, 0.1) is 11.4 Å². The number of hydrogen-bond donors (Lipinski definition) is 1. The highest BCUT2D eigenvalue weighted by molar-refractivity contribution is 6.02. The second-order valence-electron chi connectivity index (χ2n) is 6.50. The van der Waals surface area contributed by atoms with Crippen molar-refractivity contribution in [2.45, 2.75) is 18.9 Å². The van der Waals surface area contributed by atoms with Crippen molar-refractivity contribution in [3.05, 3.63) is 78.0 Å². The molecule has 1 aliphatic carbocycles. The van der Waals surface area contributed by atoms with Gasteiger partial charge in [-0.3, -0.25) is 4.79 Å². The molecule has 132 valence electrons. The van der Waals surface area contributed by atoms with Gasteiger partial charge in [0, 0.05) is 23.4 Å². The van der Waals surface area contributed by atoms with E-state index < -0.39 is 0 Å². The predicted molar refractivity (Wildman–Crippen MR) is 104 cm³/mol. The topological polar surface area (TPSA) is 70.7 Å². The van der Waals surface area contributed by atoms with Crippen molar-refractivity contribution in [1.29, 1.82) is 5.26 Å². The molecule has 3 aromatic rings. The lowest BCUT2D eigenvalue weighted by Crippen LogP contribution is -2.26. The van der Waals surface area contributed by atoms with Crippen LogP contribution in [0.5, 0.6) is 0 Å². The highest BCUT2D eigenvalue weighted by Gasteiger charge is 2.25. The Kier molecular flexibility index (Phi) is 4.54. The number of carbonyl (C=O) groups is 1. The Hall–Kier alpha value is -3.65. The average molecular weight is 354 g/mol. The third-order valence-corrected chi connectivity index (χ3v) is 4.39. The summed E-state index contributed by atoms with van der Waals surface area (Å²) >= 11 is 0. The van der Waals surface area contributed by atoms with Crippen LogP contribution in [0.3, 0.4) is 0 Å². The molecule has 5 nitrogen and oxygen atoms in total. The first-order chi connectivity index (χ1) is 13.2. The van der Waals surface area contributed by atoms with E-state index in [0.717, 1.165) is 35.3 Å². The van der Waals surface area contributed by atoms with Gasteiger partial charge in [0.25, 0.3) is 5.91 Å².